The van der Waals surface area contributed by atoms with E-state index in [4.69, 9.17) is 30.5 Å². The van der Waals surface area contributed by atoms with Crippen LogP contribution in [0.5, 0.6) is 11.5 Å². The normalized spacial score (nSPS) is 27.6. The summed E-state index contributed by atoms with van der Waals surface area (Å²) in [6.07, 6.45) is 1.38. The summed E-state index contributed by atoms with van der Waals surface area (Å²) in [5, 5.41) is 22.2. The summed E-state index contributed by atoms with van der Waals surface area (Å²) in [5.41, 5.74) is 2.69. The van der Waals surface area contributed by atoms with Crippen molar-refractivity contribution in [3.63, 3.8) is 0 Å². The first-order valence-corrected chi connectivity index (χ1v) is 11.8. The third kappa shape index (κ3) is 5.53. The Kier molecular flexibility index (Phi) is 7.94. The van der Waals surface area contributed by atoms with Crippen LogP contribution in [0, 0.1) is 5.92 Å². The van der Waals surface area contributed by atoms with Crippen LogP contribution in [0.2, 0.25) is 5.02 Å². The van der Waals surface area contributed by atoms with Crippen LogP contribution < -0.4 is 9.47 Å². The van der Waals surface area contributed by atoms with Gasteiger partial charge in [0.1, 0.15) is 30.3 Å². The summed E-state index contributed by atoms with van der Waals surface area (Å²) in [5.74, 6) is 0.993. The van der Waals surface area contributed by atoms with E-state index in [1.807, 2.05) is 56.3 Å². The predicted molar refractivity (Wildman–Crippen MR) is 126 cm³/mol. The number of hydrogen-bond acceptors (Lipinski definition) is 6. The van der Waals surface area contributed by atoms with Crippen molar-refractivity contribution in [2.45, 2.75) is 44.7 Å². The highest BCUT2D eigenvalue weighted by atomic mass is 35.5. The summed E-state index contributed by atoms with van der Waals surface area (Å²) >= 11 is 6.65. The van der Waals surface area contributed by atoms with Crippen LogP contribution in [0.15, 0.2) is 48.6 Å². The van der Waals surface area contributed by atoms with Crippen molar-refractivity contribution in [2.75, 3.05) is 26.4 Å². The average molecular weight is 475 g/mol. The van der Waals surface area contributed by atoms with Crippen molar-refractivity contribution in [1.82, 2.24) is 0 Å². The monoisotopic (exact) mass is 474 g/mol. The van der Waals surface area contributed by atoms with Crippen LogP contribution in [0.3, 0.4) is 0 Å². The molecule has 0 amide bonds. The van der Waals surface area contributed by atoms with Crippen LogP contribution in [-0.4, -0.2) is 55.0 Å². The minimum absolute atomic E-state index is 0.238. The van der Waals surface area contributed by atoms with Gasteiger partial charge in [0.2, 0.25) is 0 Å². The standard InChI is InChI=1S/C26H31ClO6/c1-3-31-19-8-6-17(7-9-19)12-18-13-20-22(14-21(18)27)32-11-5-4-10-30-15-23-24(28)16(2)25(29)26(20)33-23/h4-9,13-14,16,23-26,28-29H,3,10-12,15H2,1-2H3. The Morgan fingerprint density at radius 2 is 1.82 bits per heavy atom. The zero-order valence-corrected chi connectivity index (χ0v) is 19.7. The molecule has 7 heteroatoms. The van der Waals surface area contributed by atoms with Gasteiger partial charge >= 0.3 is 0 Å². The molecule has 178 valence electrons. The minimum atomic E-state index is -0.906. The quantitative estimate of drug-likeness (QED) is 0.650. The Morgan fingerprint density at radius 1 is 1.06 bits per heavy atom. The summed E-state index contributed by atoms with van der Waals surface area (Å²) in [4.78, 5) is 0. The van der Waals surface area contributed by atoms with Gasteiger partial charge in [-0.1, -0.05) is 36.7 Å². The molecule has 1 fully saturated rings. The Labute approximate surface area is 199 Å². The third-order valence-electron chi connectivity index (χ3n) is 6.20. The van der Waals surface area contributed by atoms with Crippen molar-refractivity contribution in [3.05, 3.63) is 70.3 Å². The molecule has 0 radical (unpaired) electrons. The molecule has 2 aromatic carbocycles. The van der Waals surface area contributed by atoms with E-state index < -0.39 is 30.3 Å². The summed E-state index contributed by atoms with van der Waals surface area (Å²) in [6, 6.07) is 11.6. The van der Waals surface area contributed by atoms with E-state index in [-0.39, 0.29) is 6.61 Å². The van der Waals surface area contributed by atoms with Crippen molar-refractivity contribution in [2.24, 2.45) is 5.92 Å². The maximum Gasteiger partial charge on any atom is 0.127 e. The van der Waals surface area contributed by atoms with Gasteiger partial charge in [-0.2, -0.15) is 0 Å². The molecule has 2 bridgehead atoms. The van der Waals surface area contributed by atoms with Crippen molar-refractivity contribution in [1.29, 1.82) is 0 Å². The number of aliphatic hydroxyl groups is 2. The molecule has 6 nitrogen and oxygen atoms in total. The van der Waals surface area contributed by atoms with Crippen molar-refractivity contribution in [3.8, 4) is 11.5 Å². The maximum atomic E-state index is 11.0. The molecule has 4 rings (SSSR count). The lowest BCUT2D eigenvalue weighted by Gasteiger charge is -2.42. The van der Waals surface area contributed by atoms with Gasteiger partial charge in [0.15, 0.2) is 0 Å². The Balaban J connectivity index is 1.69. The Morgan fingerprint density at radius 3 is 2.58 bits per heavy atom. The van der Waals surface area contributed by atoms with Crippen LogP contribution >= 0.6 is 11.6 Å². The first-order chi connectivity index (χ1) is 16.0. The predicted octanol–water partition coefficient (Wildman–Crippen LogP) is 4.09. The first kappa shape index (κ1) is 24.0. The lowest BCUT2D eigenvalue weighted by molar-refractivity contribution is -0.211. The van der Waals surface area contributed by atoms with E-state index >= 15 is 0 Å². The number of rotatable bonds is 4. The number of hydrogen-bond donors (Lipinski definition) is 2. The van der Waals surface area contributed by atoms with Crippen LogP contribution in [0.4, 0.5) is 0 Å². The van der Waals surface area contributed by atoms with Crippen LogP contribution in [0.1, 0.15) is 36.6 Å². The molecule has 2 aromatic rings. The fourth-order valence-electron chi connectivity index (χ4n) is 4.28. The zero-order valence-electron chi connectivity index (χ0n) is 18.9. The summed E-state index contributed by atoms with van der Waals surface area (Å²) in [6.45, 7) is 5.37. The van der Waals surface area contributed by atoms with Gasteiger partial charge < -0.3 is 29.2 Å². The van der Waals surface area contributed by atoms with Gasteiger partial charge in [-0.05, 0) is 54.8 Å². The molecule has 2 aliphatic rings. The molecule has 0 spiro atoms. The van der Waals surface area contributed by atoms with Gasteiger partial charge in [-0.15, -0.1) is 0 Å². The van der Waals surface area contributed by atoms with Crippen molar-refractivity contribution >= 4 is 11.6 Å². The topological polar surface area (TPSA) is 77.4 Å². The van der Waals surface area contributed by atoms with E-state index in [9.17, 15) is 10.2 Å². The van der Waals surface area contributed by atoms with Gasteiger partial charge in [0.05, 0.1) is 32.0 Å². The second kappa shape index (κ2) is 10.9. The second-order valence-corrected chi connectivity index (χ2v) is 8.90. The van der Waals surface area contributed by atoms with Gasteiger partial charge in [0.25, 0.3) is 0 Å². The number of fused-ring (bicyclic) bond motifs is 4. The highest BCUT2D eigenvalue weighted by Crippen LogP contribution is 2.42. The molecule has 0 aliphatic carbocycles. The number of halogens is 1. The smallest absolute Gasteiger partial charge is 0.127 e. The van der Waals surface area contributed by atoms with Crippen LogP contribution in [0.25, 0.3) is 0 Å². The largest absolute Gasteiger partial charge is 0.494 e. The van der Waals surface area contributed by atoms with E-state index in [1.165, 1.54) is 0 Å². The minimum Gasteiger partial charge on any atom is -0.494 e. The first-order valence-electron chi connectivity index (χ1n) is 11.4. The molecule has 5 atom stereocenters. The molecule has 2 aliphatic heterocycles. The molecule has 2 N–H and O–H groups in total. The Hall–Kier alpha value is -2.09. The molecule has 1 saturated heterocycles. The highest BCUT2D eigenvalue weighted by Gasteiger charge is 2.43. The molecule has 0 aromatic heterocycles. The summed E-state index contributed by atoms with van der Waals surface area (Å²) in [7, 11) is 0. The molecular formula is C26H31ClO6. The fourth-order valence-corrected chi connectivity index (χ4v) is 4.50. The van der Waals surface area contributed by atoms with Gasteiger partial charge in [0, 0.05) is 16.5 Å². The SMILES string of the molecule is CCOc1ccc(Cc2cc3c(cc2Cl)OCC=CCOCC2OC3C(O)C(C)C2O)cc1. The number of ether oxygens (including phenoxy) is 4. The fraction of sp³-hybridized carbons (Fsp3) is 0.462. The molecule has 5 unspecified atom stereocenters. The van der Waals surface area contributed by atoms with E-state index in [2.05, 4.69) is 0 Å². The highest BCUT2D eigenvalue weighted by molar-refractivity contribution is 6.31. The van der Waals surface area contributed by atoms with Crippen LogP contribution in [-0.2, 0) is 15.9 Å². The average Bonchev–Trinajstić information content (AvgIpc) is 2.80. The van der Waals surface area contributed by atoms with E-state index in [1.54, 1.807) is 6.07 Å². The number of benzene rings is 2. The summed E-state index contributed by atoms with van der Waals surface area (Å²) < 4.78 is 23.3. The second-order valence-electron chi connectivity index (χ2n) is 8.49. The number of aliphatic hydroxyl groups excluding tert-OH is 2. The Bertz CT molecular complexity index is 960. The lowest BCUT2D eigenvalue weighted by Crippen LogP contribution is -2.51. The molecule has 33 heavy (non-hydrogen) atoms. The van der Waals surface area contributed by atoms with E-state index in [0.29, 0.717) is 42.6 Å². The van der Waals surface area contributed by atoms with Crippen molar-refractivity contribution < 1.29 is 29.2 Å². The molecular weight excluding hydrogens is 444 g/mol. The lowest BCUT2D eigenvalue weighted by atomic mass is 9.84. The zero-order chi connectivity index (χ0) is 23.4. The van der Waals surface area contributed by atoms with E-state index in [0.717, 1.165) is 16.9 Å². The van der Waals surface area contributed by atoms with Gasteiger partial charge in [-0.25, -0.2) is 0 Å². The molecule has 2 heterocycles. The maximum absolute atomic E-state index is 11.0. The molecule has 0 saturated carbocycles. The van der Waals surface area contributed by atoms with Gasteiger partial charge in [-0.3, -0.25) is 0 Å². The third-order valence-corrected chi connectivity index (χ3v) is 6.55.